The molecule has 2 fully saturated rings. The summed E-state index contributed by atoms with van der Waals surface area (Å²) in [4.78, 5) is 29.0. The average Bonchev–Trinajstić information content (AvgIpc) is 3.12. The molecule has 3 heterocycles. The number of benzene rings is 1. The van der Waals surface area contributed by atoms with Crippen molar-refractivity contribution in [3.63, 3.8) is 0 Å². The Hall–Kier alpha value is -2.08. The number of nitrogens with zero attached hydrogens (tertiary/aromatic N) is 2. The maximum Gasteiger partial charge on any atom is 0.311 e. The molecule has 6 nitrogen and oxygen atoms in total. The number of hydrogen-bond acceptors (Lipinski definition) is 4. The Morgan fingerprint density at radius 1 is 1.31 bits per heavy atom. The summed E-state index contributed by atoms with van der Waals surface area (Å²) in [7, 11) is 0. The Labute approximate surface area is 153 Å². The van der Waals surface area contributed by atoms with Crippen molar-refractivity contribution in [2.75, 3.05) is 19.7 Å². The third-order valence-corrected chi connectivity index (χ3v) is 6.48. The van der Waals surface area contributed by atoms with Crippen LogP contribution in [-0.2, 0) is 16.1 Å². The lowest BCUT2D eigenvalue weighted by Crippen LogP contribution is -2.47. The third-order valence-electron chi connectivity index (χ3n) is 6.48. The molecule has 4 rings (SSSR count). The second-order valence-corrected chi connectivity index (χ2v) is 7.73. The number of fused-ring (bicyclic) bond motifs is 3. The number of carboxylic acids is 1. The Morgan fingerprint density at radius 3 is 2.85 bits per heavy atom. The lowest BCUT2D eigenvalue weighted by Gasteiger charge is -2.33. The van der Waals surface area contributed by atoms with Gasteiger partial charge in [-0.1, -0.05) is 25.1 Å². The van der Waals surface area contributed by atoms with E-state index in [2.05, 4.69) is 4.90 Å². The van der Waals surface area contributed by atoms with Crippen LogP contribution in [0.1, 0.15) is 38.2 Å². The maximum absolute atomic E-state index is 13.1. The van der Waals surface area contributed by atoms with E-state index in [0.29, 0.717) is 39.1 Å². The first-order valence-electron chi connectivity index (χ1n) is 9.53. The molecule has 3 aliphatic heterocycles. The predicted octanol–water partition coefficient (Wildman–Crippen LogP) is 2.13. The normalized spacial score (nSPS) is 30.6. The molecule has 1 aromatic carbocycles. The maximum atomic E-state index is 13.1. The van der Waals surface area contributed by atoms with Crippen molar-refractivity contribution in [3.05, 3.63) is 29.8 Å². The second-order valence-electron chi connectivity index (χ2n) is 7.73. The molecule has 0 radical (unpaired) electrons. The fourth-order valence-corrected chi connectivity index (χ4v) is 5.11. The summed E-state index contributed by atoms with van der Waals surface area (Å²) in [6.45, 7) is 4.19. The molecule has 2 saturated heterocycles. The SMILES string of the molecule is CC[C@@]1(C(=O)O)C[C@@H]2CC[C@H]1N2C(=O)CN1CCOc2ccccc2C1. The number of amides is 1. The molecule has 6 heteroatoms. The molecule has 0 aromatic heterocycles. The number of hydrogen-bond donors (Lipinski definition) is 1. The zero-order valence-electron chi connectivity index (χ0n) is 15.2. The molecule has 1 aromatic rings. The van der Waals surface area contributed by atoms with Crippen molar-refractivity contribution >= 4 is 11.9 Å². The van der Waals surface area contributed by atoms with Crippen molar-refractivity contribution in [2.45, 2.75) is 51.2 Å². The van der Waals surface area contributed by atoms with E-state index in [1.54, 1.807) is 0 Å². The van der Waals surface area contributed by atoms with E-state index in [4.69, 9.17) is 4.74 Å². The first kappa shape index (κ1) is 17.3. The van der Waals surface area contributed by atoms with Crippen LogP contribution < -0.4 is 4.74 Å². The molecule has 0 aliphatic carbocycles. The zero-order chi connectivity index (χ0) is 18.3. The van der Waals surface area contributed by atoms with Gasteiger partial charge in [0.25, 0.3) is 0 Å². The van der Waals surface area contributed by atoms with E-state index in [-0.39, 0.29) is 18.0 Å². The Bertz CT molecular complexity index is 722. The molecule has 0 unspecified atom stereocenters. The van der Waals surface area contributed by atoms with Gasteiger partial charge in [-0.15, -0.1) is 0 Å². The zero-order valence-corrected chi connectivity index (χ0v) is 15.2. The largest absolute Gasteiger partial charge is 0.492 e. The molecular formula is C20H26N2O4. The molecule has 0 spiro atoms. The topological polar surface area (TPSA) is 70.1 Å². The number of carboxylic acid groups (broad SMARTS) is 1. The quantitative estimate of drug-likeness (QED) is 0.893. The number of rotatable bonds is 4. The summed E-state index contributed by atoms with van der Waals surface area (Å²) in [6, 6.07) is 7.86. The molecule has 1 amide bonds. The minimum absolute atomic E-state index is 0.0634. The lowest BCUT2D eigenvalue weighted by atomic mass is 9.72. The van der Waals surface area contributed by atoms with E-state index in [0.717, 1.165) is 24.2 Å². The van der Waals surface area contributed by atoms with Gasteiger partial charge in [0.1, 0.15) is 12.4 Å². The lowest BCUT2D eigenvalue weighted by molar-refractivity contribution is -0.152. The van der Waals surface area contributed by atoms with Gasteiger partial charge in [0.2, 0.25) is 5.91 Å². The highest BCUT2D eigenvalue weighted by Crippen LogP contribution is 2.51. The number of carbonyl (C=O) groups is 2. The number of para-hydroxylation sites is 1. The smallest absolute Gasteiger partial charge is 0.311 e. The van der Waals surface area contributed by atoms with Gasteiger partial charge in [0.15, 0.2) is 0 Å². The highest BCUT2D eigenvalue weighted by Gasteiger charge is 2.60. The third kappa shape index (κ3) is 2.67. The fraction of sp³-hybridized carbons (Fsp3) is 0.600. The van der Waals surface area contributed by atoms with Crippen molar-refractivity contribution < 1.29 is 19.4 Å². The van der Waals surface area contributed by atoms with Crippen LogP contribution in [0.4, 0.5) is 0 Å². The van der Waals surface area contributed by atoms with Gasteiger partial charge in [-0.2, -0.15) is 0 Å². The molecule has 140 valence electrons. The van der Waals surface area contributed by atoms with Gasteiger partial charge in [-0.25, -0.2) is 0 Å². The van der Waals surface area contributed by atoms with Crippen LogP contribution in [0.5, 0.6) is 5.75 Å². The summed E-state index contributed by atoms with van der Waals surface area (Å²) in [5, 5.41) is 9.79. The van der Waals surface area contributed by atoms with Crippen LogP contribution >= 0.6 is 0 Å². The minimum Gasteiger partial charge on any atom is -0.492 e. The van der Waals surface area contributed by atoms with Crippen molar-refractivity contribution in [1.29, 1.82) is 0 Å². The minimum atomic E-state index is -0.757. The number of aliphatic carboxylic acids is 1. The van der Waals surface area contributed by atoms with Gasteiger partial charge in [0.05, 0.1) is 12.0 Å². The Balaban J connectivity index is 1.48. The van der Waals surface area contributed by atoms with Gasteiger partial charge in [0, 0.05) is 30.7 Å². The van der Waals surface area contributed by atoms with Gasteiger partial charge in [-0.3, -0.25) is 14.5 Å². The van der Waals surface area contributed by atoms with Crippen molar-refractivity contribution in [2.24, 2.45) is 5.41 Å². The molecular weight excluding hydrogens is 332 g/mol. The molecule has 3 atom stereocenters. The van der Waals surface area contributed by atoms with Crippen LogP contribution in [0, 0.1) is 5.41 Å². The first-order valence-corrected chi connectivity index (χ1v) is 9.53. The van der Waals surface area contributed by atoms with Crippen LogP contribution in [0.3, 0.4) is 0 Å². The monoisotopic (exact) mass is 358 g/mol. The molecule has 2 bridgehead atoms. The van der Waals surface area contributed by atoms with E-state index in [9.17, 15) is 14.7 Å². The summed E-state index contributed by atoms with van der Waals surface area (Å²) in [5.74, 6) is 0.204. The van der Waals surface area contributed by atoms with Crippen LogP contribution in [0.15, 0.2) is 24.3 Å². The van der Waals surface area contributed by atoms with E-state index < -0.39 is 11.4 Å². The van der Waals surface area contributed by atoms with Crippen molar-refractivity contribution in [1.82, 2.24) is 9.80 Å². The molecule has 3 aliphatic rings. The van der Waals surface area contributed by atoms with Gasteiger partial charge < -0.3 is 14.7 Å². The fourth-order valence-electron chi connectivity index (χ4n) is 5.11. The molecule has 0 saturated carbocycles. The van der Waals surface area contributed by atoms with Crippen molar-refractivity contribution in [3.8, 4) is 5.75 Å². The van der Waals surface area contributed by atoms with E-state index in [1.165, 1.54) is 0 Å². The Kier molecular flexibility index (Phi) is 4.39. The summed E-state index contributed by atoms with van der Waals surface area (Å²) < 4.78 is 5.78. The highest BCUT2D eigenvalue weighted by atomic mass is 16.5. The van der Waals surface area contributed by atoms with Crippen LogP contribution in [-0.4, -0.2) is 58.6 Å². The standard InChI is InChI=1S/C20H26N2O4/c1-2-20(19(24)25)11-15-7-8-17(20)22(15)18(23)13-21-9-10-26-16-6-4-3-5-14(16)12-21/h3-6,15,17H,2,7-13H2,1H3,(H,24,25)/t15-,17+,20+/m0/s1. The first-order chi connectivity index (χ1) is 12.5. The van der Waals surface area contributed by atoms with E-state index in [1.807, 2.05) is 36.1 Å². The average molecular weight is 358 g/mol. The summed E-state index contributed by atoms with van der Waals surface area (Å²) in [6.07, 6.45) is 2.92. The Morgan fingerprint density at radius 2 is 2.12 bits per heavy atom. The second kappa shape index (κ2) is 6.58. The number of carbonyl (C=O) groups excluding carboxylic acids is 1. The number of ether oxygens (including phenoxy) is 1. The summed E-state index contributed by atoms with van der Waals surface area (Å²) >= 11 is 0. The van der Waals surface area contributed by atoms with Gasteiger partial charge in [-0.05, 0) is 31.7 Å². The van der Waals surface area contributed by atoms with Gasteiger partial charge >= 0.3 is 5.97 Å². The predicted molar refractivity (Wildman–Crippen MR) is 95.8 cm³/mol. The van der Waals surface area contributed by atoms with Crippen LogP contribution in [0.25, 0.3) is 0 Å². The highest BCUT2D eigenvalue weighted by molar-refractivity contribution is 5.84. The molecule has 26 heavy (non-hydrogen) atoms. The van der Waals surface area contributed by atoms with Crippen LogP contribution in [0.2, 0.25) is 0 Å². The van der Waals surface area contributed by atoms with E-state index >= 15 is 0 Å². The summed E-state index contributed by atoms with van der Waals surface area (Å²) in [5.41, 5.74) is 0.336. The molecule has 1 N–H and O–H groups in total.